The van der Waals surface area contributed by atoms with Crippen LogP contribution in [0.4, 0.5) is 0 Å². The summed E-state index contributed by atoms with van der Waals surface area (Å²) in [4.78, 5) is 0. The van der Waals surface area contributed by atoms with E-state index in [-0.39, 0.29) is 0 Å². The van der Waals surface area contributed by atoms with E-state index in [4.69, 9.17) is 5.73 Å². The van der Waals surface area contributed by atoms with Crippen molar-refractivity contribution in [3.63, 3.8) is 0 Å². The Morgan fingerprint density at radius 1 is 1.00 bits per heavy atom. The van der Waals surface area contributed by atoms with Gasteiger partial charge in [0.25, 0.3) is 0 Å². The van der Waals surface area contributed by atoms with Crippen LogP contribution >= 0.6 is 0 Å². The molecule has 0 aromatic heterocycles. The number of unbranched alkanes of at least 4 members (excludes halogenated alkanes) is 4. The standard InChI is InChI=1S/C17H27N/c1-2-3-4-5-8-11-17(14-18)12-15-9-6-7-10-16(15)13-17/h6-7,9-10H,2-5,8,11-14,18H2,1H3. The Morgan fingerprint density at radius 3 is 2.17 bits per heavy atom. The van der Waals surface area contributed by atoms with Gasteiger partial charge in [0.05, 0.1) is 0 Å². The van der Waals surface area contributed by atoms with Crippen LogP contribution in [0.2, 0.25) is 0 Å². The van der Waals surface area contributed by atoms with E-state index in [1.165, 1.54) is 62.5 Å². The van der Waals surface area contributed by atoms with Gasteiger partial charge in [-0.2, -0.15) is 0 Å². The molecular formula is C17H27N. The minimum atomic E-state index is 0.371. The van der Waals surface area contributed by atoms with Crippen molar-refractivity contribution in [3.05, 3.63) is 35.4 Å². The Hall–Kier alpha value is -0.820. The van der Waals surface area contributed by atoms with E-state index in [2.05, 4.69) is 31.2 Å². The maximum absolute atomic E-state index is 6.09. The first-order valence-electron chi connectivity index (χ1n) is 7.56. The number of benzene rings is 1. The molecule has 1 aliphatic rings. The van der Waals surface area contributed by atoms with Gasteiger partial charge in [0.2, 0.25) is 0 Å². The topological polar surface area (TPSA) is 26.0 Å². The van der Waals surface area contributed by atoms with E-state index >= 15 is 0 Å². The van der Waals surface area contributed by atoms with Gasteiger partial charge in [-0.25, -0.2) is 0 Å². The van der Waals surface area contributed by atoms with E-state index < -0.39 is 0 Å². The van der Waals surface area contributed by atoms with Crippen LogP contribution in [0.25, 0.3) is 0 Å². The number of nitrogens with two attached hydrogens (primary N) is 1. The van der Waals surface area contributed by atoms with Gasteiger partial charge in [-0.05, 0) is 42.3 Å². The van der Waals surface area contributed by atoms with Crippen molar-refractivity contribution < 1.29 is 0 Å². The molecule has 0 atom stereocenters. The molecule has 1 nitrogen and oxygen atoms in total. The number of hydrogen-bond acceptors (Lipinski definition) is 1. The summed E-state index contributed by atoms with van der Waals surface area (Å²) < 4.78 is 0. The van der Waals surface area contributed by atoms with Crippen molar-refractivity contribution in [3.8, 4) is 0 Å². The highest BCUT2D eigenvalue weighted by molar-refractivity contribution is 5.34. The maximum atomic E-state index is 6.09. The maximum Gasteiger partial charge on any atom is -0.00141 e. The van der Waals surface area contributed by atoms with Crippen LogP contribution in [-0.2, 0) is 12.8 Å². The van der Waals surface area contributed by atoms with Crippen LogP contribution in [0.15, 0.2) is 24.3 Å². The highest BCUT2D eigenvalue weighted by Crippen LogP contribution is 2.40. The molecule has 1 aliphatic carbocycles. The largest absolute Gasteiger partial charge is 0.330 e. The molecule has 0 spiro atoms. The molecule has 100 valence electrons. The minimum absolute atomic E-state index is 0.371. The average molecular weight is 245 g/mol. The van der Waals surface area contributed by atoms with Crippen molar-refractivity contribution in [2.45, 2.75) is 58.3 Å². The summed E-state index contributed by atoms with van der Waals surface area (Å²) in [5.41, 5.74) is 9.54. The normalized spacial score (nSPS) is 16.8. The van der Waals surface area contributed by atoms with Crippen LogP contribution < -0.4 is 5.73 Å². The Bertz CT molecular complexity index is 345. The monoisotopic (exact) mass is 245 g/mol. The molecule has 0 unspecified atom stereocenters. The summed E-state index contributed by atoms with van der Waals surface area (Å²) in [6.45, 7) is 3.12. The predicted molar refractivity (Wildman–Crippen MR) is 78.7 cm³/mol. The van der Waals surface area contributed by atoms with E-state index in [0.717, 1.165) is 6.54 Å². The third-order valence-electron chi connectivity index (χ3n) is 4.49. The van der Waals surface area contributed by atoms with Crippen LogP contribution in [0.5, 0.6) is 0 Å². The molecule has 1 aromatic carbocycles. The molecule has 0 radical (unpaired) electrons. The SMILES string of the molecule is CCCCCCCC1(CN)Cc2ccccc2C1. The Morgan fingerprint density at radius 2 is 1.61 bits per heavy atom. The van der Waals surface area contributed by atoms with Crippen LogP contribution in [0.3, 0.4) is 0 Å². The van der Waals surface area contributed by atoms with E-state index in [0.29, 0.717) is 5.41 Å². The first-order chi connectivity index (χ1) is 8.79. The summed E-state index contributed by atoms with van der Waals surface area (Å²) in [6.07, 6.45) is 10.5. The quantitative estimate of drug-likeness (QED) is 0.719. The molecule has 1 heteroatoms. The Labute approximate surface area is 112 Å². The first kappa shape index (κ1) is 13.6. The van der Waals surface area contributed by atoms with Gasteiger partial charge in [0.15, 0.2) is 0 Å². The molecule has 0 saturated heterocycles. The summed E-state index contributed by atoms with van der Waals surface area (Å²) >= 11 is 0. The molecule has 0 bridgehead atoms. The zero-order valence-electron chi connectivity index (χ0n) is 11.8. The van der Waals surface area contributed by atoms with Gasteiger partial charge in [-0.3, -0.25) is 0 Å². The molecule has 2 rings (SSSR count). The lowest BCUT2D eigenvalue weighted by molar-refractivity contribution is 0.278. The lowest BCUT2D eigenvalue weighted by atomic mass is 9.80. The molecule has 0 saturated carbocycles. The molecule has 1 aromatic rings. The zero-order chi connectivity index (χ0) is 12.8. The molecule has 0 heterocycles. The van der Waals surface area contributed by atoms with Gasteiger partial charge >= 0.3 is 0 Å². The van der Waals surface area contributed by atoms with Gasteiger partial charge in [-0.1, -0.05) is 63.3 Å². The van der Waals surface area contributed by atoms with Gasteiger partial charge < -0.3 is 5.73 Å². The van der Waals surface area contributed by atoms with E-state index in [9.17, 15) is 0 Å². The highest BCUT2D eigenvalue weighted by atomic mass is 14.6. The van der Waals surface area contributed by atoms with Gasteiger partial charge in [0.1, 0.15) is 0 Å². The fourth-order valence-corrected chi connectivity index (χ4v) is 3.30. The summed E-state index contributed by atoms with van der Waals surface area (Å²) in [6, 6.07) is 8.88. The van der Waals surface area contributed by atoms with Crippen LogP contribution in [0, 0.1) is 5.41 Å². The molecule has 18 heavy (non-hydrogen) atoms. The van der Waals surface area contributed by atoms with E-state index in [1.807, 2.05) is 0 Å². The van der Waals surface area contributed by atoms with Crippen molar-refractivity contribution in [2.24, 2.45) is 11.1 Å². The Kier molecular flexibility index (Phi) is 4.82. The minimum Gasteiger partial charge on any atom is -0.330 e. The molecule has 0 fully saturated rings. The summed E-state index contributed by atoms with van der Waals surface area (Å²) in [5.74, 6) is 0. The van der Waals surface area contributed by atoms with Crippen LogP contribution in [0.1, 0.15) is 56.6 Å². The van der Waals surface area contributed by atoms with Crippen molar-refractivity contribution >= 4 is 0 Å². The van der Waals surface area contributed by atoms with Crippen molar-refractivity contribution in [1.29, 1.82) is 0 Å². The average Bonchev–Trinajstić information content (AvgIpc) is 2.77. The Balaban J connectivity index is 1.86. The fourth-order valence-electron chi connectivity index (χ4n) is 3.30. The second kappa shape index (κ2) is 6.38. The zero-order valence-corrected chi connectivity index (χ0v) is 11.8. The smallest absolute Gasteiger partial charge is 0.00141 e. The summed E-state index contributed by atoms with van der Waals surface area (Å²) in [5, 5.41) is 0. The number of hydrogen-bond donors (Lipinski definition) is 1. The van der Waals surface area contributed by atoms with E-state index in [1.54, 1.807) is 0 Å². The first-order valence-corrected chi connectivity index (χ1v) is 7.56. The van der Waals surface area contributed by atoms with Crippen LogP contribution in [-0.4, -0.2) is 6.54 Å². The van der Waals surface area contributed by atoms with Gasteiger partial charge in [0, 0.05) is 0 Å². The highest BCUT2D eigenvalue weighted by Gasteiger charge is 2.35. The molecule has 0 amide bonds. The van der Waals surface area contributed by atoms with Crippen molar-refractivity contribution in [2.75, 3.05) is 6.54 Å². The number of rotatable bonds is 7. The predicted octanol–water partition coefficient (Wildman–Crippen LogP) is 4.09. The molecule has 2 N–H and O–H groups in total. The van der Waals surface area contributed by atoms with Crippen molar-refractivity contribution in [1.82, 2.24) is 0 Å². The second-order valence-corrected chi connectivity index (χ2v) is 5.99. The lowest BCUT2D eigenvalue weighted by Gasteiger charge is -2.27. The molecule has 0 aliphatic heterocycles. The van der Waals surface area contributed by atoms with Gasteiger partial charge in [-0.15, -0.1) is 0 Å². The lowest BCUT2D eigenvalue weighted by Crippen LogP contribution is -2.31. The third-order valence-corrected chi connectivity index (χ3v) is 4.49. The summed E-state index contributed by atoms with van der Waals surface area (Å²) in [7, 11) is 0. The second-order valence-electron chi connectivity index (χ2n) is 5.99. The fraction of sp³-hybridized carbons (Fsp3) is 0.647. The number of fused-ring (bicyclic) bond motifs is 1. The molecular weight excluding hydrogens is 218 g/mol. The third kappa shape index (κ3) is 3.14.